The number of hydrogen-bond acceptors (Lipinski definition) is 5. The van der Waals surface area contributed by atoms with Gasteiger partial charge in [-0.3, -0.25) is 9.69 Å². The molecule has 2 aliphatic rings. The smallest absolute Gasteiger partial charge is 0.252 e. The highest BCUT2D eigenvalue weighted by Crippen LogP contribution is 2.19. The molecule has 1 aliphatic carbocycles. The maximum absolute atomic E-state index is 12.2. The van der Waals surface area contributed by atoms with Gasteiger partial charge in [-0.05, 0) is 44.2 Å². The van der Waals surface area contributed by atoms with Gasteiger partial charge >= 0.3 is 0 Å². The Labute approximate surface area is 156 Å². The number of carbonyl (C=O) groups is 1. The second kappa shape index (κ2) is 10.3. The van der Waals surface area contributed by atoms with Gasteiger partial charge in [-0.1, -0.05) is 11.6 Å². The normalized spacial score (nSPS) is 18.2. The molecule has 0 radical (unpaired) electrons. The molecule has 0 spiro atoms. The summed E-state index contributed by atoms with van der Waals surface area (Å²) in [6.07, 6.45) is 10.2. The van der Waals surface area contributed by atoms with Gasteiger partial charge in [0.1, 0.15) is 5.82 Å². The van der Waals surface area contributed by atoms with E-state index in [0.29, 0.717) is 12.1 Å². The van der Waals surface area contributed by atoms with Crippen molar-refractivity contribution in [2.45, 2.75) is 32.1 Å². The van der Waals surface area contributed by atoms with E-state index in [1.54, 1.807) is 11.8 Å². The largest absolute Gasteiger partial charge is 0.379 e. The zero-order chi connectivity index (χ0) is 18.0. The highest BCUT2D eigenvalue weighted by atomic mass is 16.5. The Morgan fingerprint density at radius 1 is 1.19 bits per heavy atom. The molecule has 1 aromatic rings. The highest BCUT2D eigenvalue weighted by Gasteiger charge is 2.11. The van der Waals surface area contributed by atoms with Gasteiger partial charge in [0, 0.05) is 38.9 Å². The van der Waals surface area contributed by atoms with Crippen molar-refractivity contribution in [1.82, 2.24) is 15.2 Å². The molecule has 2 N–H and O–H groups in total. The van der Waals surface area contributed by atoms with Crippen molar-refractivity contribution in [2.24, 2.45) is 0 Å². The van der Waals surface area contributed by atoms with Crippen LogP contribution in [0.5, 0.6) is 0 Å². The van der Waals surface area contributed by atoms with Crippen LogP contribution in [0.25, 0.3) is 0 Å². The molecule has 1 amide bonds. The molecule has 0 bridgehead atoms. The molecule has 0 aromatic carbocycles. The van der Waals surface area contributed by atoms with Crippen LogP contribution in [0.1, 0.15) is 42.5 Å². The zero-order valence-corrected chi connectivity index (χ0v) is 15.5. The number of allylic oxidation sites excluding steroid dienone is 1. The van der Waals surface area contributed by atoms with E-state index in [9.17, 15) is 4.79 Å². The number of amides is 1. The molecule has 3 rings (SSSR count). The van der Waals surface area contributed by atoms with Crippen molar-refractivity contribution in [3.05, 3.63) is 35.5 Å². The van der Waals surface area contributed by atoms with E-state index in [1.165, 1.54) is 25.7 Å². The van der Waals surface area contributed by atoms with Crippen molar-refractivity contribution in [3.8, 4) is 0 Å². The van der Waals surface area contributed by atoms with E-state index in [0.717, 1.165) is 51.6 Å². The number of rotatable bonds is 8. The lowest BCUT2D eigenvalue weighted by Gasteiger charge is -2.26. The molecule has 6 nitrogen and oxygen atoms in total. The van der Waals surface area contributed by atoms with Gasteiger partial charge in [0.05, 0.1) is 18.8 Å². The summed E-state index contributed by atoms with van der Waals surface area (Å²) in [5.41, 5.74) is 2.16. The Balaban J connectivity index is 1.36. The van der Waals surface area contributed by atoms with Crippen LogP contribution in [-0.2, 0) is 4.74 Å². The van der Waals surface area contributed by atoms with Gasteiger partial charge in [0.2, 0.25) is 0 Å². The summed E-state index contributed by atoms with van der Waals surface area (Å²) in [6.45, 7) is 5.84. The number of morpholine rings is 1. The van der Waals surface area contributed by atoms with E-state index >= 15 is 0 Å². The van der Waals surface area contributed by atoms with Crippen molar-refractivity contribution < 1.29 is 9.53 Å². The molecule has 1 fully saturated rings. The second-order valence-electron chi connectivity index (χ2n) is 6.93. The molecule has 0 unspecified atom stereocenters. The average molecular weight is 358 g/mol. The Morgan fingerprint density at radius 2 is 2.08 bits per heavy atom. The SMILES string of the molecule is O=C(NCCN1CCOCC1)c1ccc(NCCC2=CCCCC2)nc1. The molecule has 142 valence electrons. The molecule has 0 atom stereocenters. The summed E-state index contributed by atoms with van der Waals surface area (Å²) in [5.74, 6) is 0.760. The van der Waals surface area contributed by atoms with E-state index in [-0.39, 0.29) is 5.91 Å². The van der Waals surface area contributed by atoms with Crippen LogP contribution in [0.3, 0.4) is 0 Å². The number of hydrogen-bond donors (Lipinski definition) is 2. The van der Waals surface area contributed by atoms with E-state index in [2.05, 4.69) is 26.6 Å². The number of anilines is 1. The summed E-state index contributed by atoms with van der Waals surface area (Å²) in [7, 11) is 0. The number of nitrogens with zero attached hydrogens (tertiary/aromatic N) is 2. The van der Waals surface area contributed by atoms with Crippen molar-refractivity contribution in [2.75, 3.05) is 51.3 Å². The van der Waals surface area contributed by atoms with Gasteiger partial charge in [0.15, 0.2) is 0 Å². The predicted molar refractivity (Wildman–Crippen MR) is 103 cm³/mol. The Morgan fingerprint density at radius 3 is 2.81 bits per heavy atom. The first kappa shape index (κ1) is 18.9. The van der Waals surface area contributed by atoms with Gasteiger partial charge < -0.3 is 15.4 Å². The minimum Gasteiger partial charge on any atom is -0.379 e. The van der Waals surface area contributed by atoms with Gasteiger partial charge in [-0.25, -0.2) is 4.98 Å². The Hall–Kier alpha value is -1.92. The van der Waals surface area contributed by atoms with Gasteiger partial charge in [-0.15, -0.1) is 0 Å². The summed E-state index contributed by atoms with van der Waals surface area (Å²) in [6, 6.07) is 3.71. The third kappa shape index (κ3) is 6.11. The molecule has 6 heteroatoms. The minimum atomic E-state index is -0.0651. The van der Waals surface area contributed by atoms with Crippen LogP contribution in [0.2, 0.25) is 0 Å². The van der Waals surface area contributed by atoms with E-state index in [4.69, 9.17) is 4.74 Å². The van der Waals surface area contributed by atoms with E-state index in [1.807, 2.05) is 12.1 Å². The van der Waals surface area contributed by atoms with E-state index < -0.39 is 0 Å². The van der Waals surface area contributed by atoms with Crippen LogP contribution < -0.4 is 10.6 Å². The first-order valence-corrected chi connectivity index (χ1v) is 9.77. The quantitative estimate of drug-likeness (QED) is 0.699. The third-order valence-corrected chi connectivity index (χ3v) is 4.98. The number of aromatic nitrogens is 1. The maximum atomic E-state index is 12.2. The predicted octanol–water partition coefficient (Wildman–Crippen LogP) is 2.45. The van der Waals surface area contributed by atoms with Crippen LogP contribution >= 0.6 is 0 Å². The molecule has 2 heterocycles. The first-order chi connectivity index (χ1) is 12.8. The van der Waals surface area contributed by atoms with Gasteiger partial charge in [-0.2, -0.15) is 0 Å². The summed E-state index contributed by atoms with van der Waals surface area (Å²) >= 11 is 0. The number of carbonyl (C=O) groups excluding carboxylic acids is 1. The average Bonchev–Trinajstić information content (AvgIpc) is 2.70. The number of nitrogens with one attached hydrogen (secondary N) is 2. The Kier molecular flexibility index (Phi) is 7.46. The molecule has 1 aliphatic heterocycles. The monoisotopic (exact) mass is 358 g/mol. The van der Waals surface area contributed by atoms with Crippen LogP contribution in [0, 0.1) is 0 Å². The lowest BCUT2D eigenvalue weighted by molar-refractivity contribution is 0.0383. The topological polar surface area (TPSA) is 66.5 Å². The van der Waals surface area contributed by atoms with Crippen molar-refractivity contribution >= 4 is 11.7 Å². The minimum absolute atomic E-state index is 0.0651. The first-order valence-electron chi connectivity index (χ1n) is 9.77. The lowest BCUT2D eigenvalue weighted by Crippen LogP contribution is -2.41. The molecular formula is C20H30N4O2. The summed E-state index contributed by atoms with van der Waals surface area (Å²) < 4.78 is 5.32. The molecule has 1 saturated heterocycles. The summed E-state index contributed by atoms with van der Waals surface area (Å²) in [4.78, 5) is 18.9. The Bertz CT molecular complexity index is 594. The molecule has 1 aromatic heterocycles. The highest BCUT2D eigenvalue weighted by molar-refractivity contribution is 5.94. The molecule has 26 heavy (non-hydrogen) atoms. The fourth-order valence-electron chi connectivity index (χ4n) is 3.37. The maximum Gasteiger partial charge on any atom is 0.252 e. The number of ether oxygens (including phenoxy) is 1. The summed E-state index contributed by atoms with van der Waals surface area (Å²) in [5, 5.41) is 6.30. The molecular weight excluding hydrogens is 328 g/mol. The van der Waals surface area contributed by atoms with Crippen LogP contribution in [-0.4, -0.2) is 61.7 Å². The zero-order valence-electron chi connectivity index (χ0n) is 15.5. The lowest BCUT2D eigenvalue weighted by atomic mass is 9.97. The second-order valence-corrected chi connectivity index (χ2v) is 6.93. The fourth-order valence-corrected chi connectivity index (χ4v) is 3.37. The van der Waals surface area contributed by atoms with Crippen LogP contribution in [0.4, 0.5) is 5.82 Å². The van der Waals surface area contributed by atoms with Gasteiger partial charge in [0.25, 0.3) is 5.91 Å². The molecule has 0 saturated carbocycles. The van der Waals surface area contributed by atoms with Crippen molar-refractivity contribution in [3.63, 3.8) is 0 Å². The fraction of sp³-hybridized carbons (Fsp3) is 0.600. The number of pyridine rings is 1. The third-order valence-electron chi connectivity index (χ3n) is 4.98. The standard InChI is InChI=1S/C20H30N4O2/c25-20(22-10-11-24-12-14-26-15-13-24)18-6-7-19(23-16-18)21-9-8-17-4-2-1-3-5-17/h4,6-7,16H,1-3,5,8-15H2,(H,21,23)(H,22,25). The van der Waals surface area contributed by atoms with Crippen molar-refractivity contribution in [1.29, 1.82) is 0 Å². The van der Waals surface area contributed by atoms with Crippen LogP contribution in [0.15, 0.2) is 30.0 Å².